The van der Waals surface area contributed by atoms with Crippen LogP contribution in [-0.2, 0) is 37.3 Å². The van der Waals surface area contributed by atoms with Gasteiger partial charge in [-0.3, -0.25) is 18.1 Å². The normalized spacial score (nSPS) is 15.0. The molecule has 0 amide bonds. The van der Waals surface area contributed by atoms with E-state index in [9.17, 15) is 9.13 Å². The second-order valence-electron chi connectivity index (χ2n) is 5.58. The molecule has 0 fully saturated rings. The van der Waals surface area contributed by atoms with Gasteiger partial charge in [-0.25, -0.2) is 4.57 Å². The Hall–Kier alpha value is -0.520. The highest BCUT2D eigenvalue weighted by Gasteiger charge is 2.45. The molecule has 9 heteroatoms. The van der Waals surface area contributed by atoms with E-state index in [1.165, 1.54) is 0 Å². The first-order chi connectivity index (χ1) is 12.3. The Morgan fingerprint density at radius 3 is 1.69 bits per heavy atom. The molecule has 150 valence electrons. The summed E-state index contributed by atoms with van der Waals surface area (Å²) >= 11 is 0. The highest BCUT2D eigenvalue weighted by molar-refractivity contribution is 7.54. The lowest BCUT2D eigenvalue weighted by molar-refractivity contribution is 0.0307. The van der Waals surface area contributed by atoms with Crippen LogP contribution in [0.4, 0.5) is 0 Å². The second kappa shape index (κ2) is 10.7. The summed E-state index contributed by atoms with van der Waals surface area (Å²) in [4.78, 5) is 0. The molecule has 1 atom stereocenters. The van der Waals surface area contributed by atoms with E-state index in [1.807, 2.05) is 18.2 Å². The highest BCUT2D eigenvalue weighted by Crippen LogP contribution is 2.60. The summed E-state index contributed by atoms with van der Waals surface area (Å²) in [7, 11) is -7.35. The van der Waals surface area contributed by atoms with Crippen molar-refractivity contribution in [3.05, 3.63) is 35.9 Å². The molecule has 0 aliphatic rings. The van der Waals surface area contributed by atoms with Crippen molar-refractivity contribution in [2.45, 2.75) is 40.2 Å². The van der Waals surface area contributed by atoms with Crippen molar-refractivity contribution in [2.24, 2.45) is 0 Å². The maximum absolute atomic E-state index is 13.1. The largest absolute Gasteiger partial charge is 0.475 e. The van der Waals surface area contributed by atoms with Crippen LogP contribution < -0.4 is 0 Å². The molecule has 1 rings (SSSR count). The Morgan fingerprint density at radius 1 is 0.808 bits per heavy atom. The monoisotopic (exact) mass is 408 g/mol. The van der Waals surface area contributed by atoms with Crippen LogP contribution in [0.15, 0.2) is 30.3 Å². The van der Waals surface area contributed by atoms with Crippen LogP contribution in [0.5, 0.6) is 0 Å². The fraction of sp³-hybridized carbons (Fsp3) is 0.647. The molecular weight excluding hydrogens is 378 g/mol. The van der Waals surface area contributed by atoms with Crippen LogP contribution >= 0.6 is 15.4 Å². The Labute approximate surface area is 156 Å². The third kappa shape index (κ3) is 6.90. The van der Waals surface area contributed by atoms with Gasteiger partial charge in [0.15, 0.2) is 0 Å². The number of phosphoric ester groups is 1. The van der Waals surface area contributed by atoms with Crippen molar-refractivity contribution in [1.29, 1.82) is 0 Å². The molecule has 0 radical (unpaired) electrons. The van der Waals surface area contributed by atoms with Crippen molar-refractivity contribution in [3.63, 3.8) is 0 Å². The fourth-order valence-electron chi connectivity index (χ4n) is 2.51. The molecule has 0 spiro atoms. The zero-order valence-electron chi connectivity index (χ0n) is 16.2. The van der Waals surface area contributed by atoms with Crippen LogP contribution in [0.2, 0.25) is 0 Å². The molecule has 0 aliphatic heterocycles. The summed E-state index contributed by atoms with van der Waals surface area (Å²) in [5.74, 6) is 0. The Balaban J connectivity index is 3.30. The van der Waals surface area contributed by atoms with E-state index >= 15 is 0 Å². The number of phosphoric acid groups is 1. The molecular formula is C17H30O7P2. The number of hydrogen-bond acceptors (Lipinski definition) is 7. The first-order valence-electron chi connectivity index (χ1n) is 8.80. The van der Waals surface area contributed by atoms with Crippen LogP contribution in [-0.4, -0.2) is 32.6 Å². The van der Waals surface area contributed by atoms with E-state index in [0.717, 1.165) is 0 Å². The SMILES string of the molecule is CCOP(=O)(CC(C)(OP(=O)(OCC)OCC)c1ccccc1)OCC. The maximum Gasteiger partial charge on any atom is 0.475 e. The van der Waals surface area contributed by atoms with E-state index in [0.29, 0.717) is 5.56 Å². The minimum absolute atomic E-state index is 0.129. The Bertz CT molecular complexity index is 569. The van der Waals surface area contributed by atoms with Crippen molar-refractivity contribution < 1.29 is 31.7 Å². The van der Waals surface area contributed by atoms with Crippen LogP contribution in [0.1, 0.15) is 40.2 Å². The van der Waals surface area contributed by atoms with Gasteiger partial charge in [0.1, 0.15) is 5.60 Å². The number of benzene rings is 1. The van der Waals surface area contributed by atoms with Crippen molar-refractivity contribution in [3.8, 4) is 0 Å². The molecule has 0 heterocycles. The molecule has 0 saturated carbocycles. The average Bonchev–Trinajstić information content (AvgIpc) is 2.56. The molecule has 0 bridgehead atoms. The first-order valence-corrected chi connectivity index (χ1v) is 12.0. The number of rotatable bonds is 13. The van der Waals surface area contributed by atoms with E-state index in [1.54, 1.807) is 46.8 Å². The summed E-state index contributed by atoms with van der Waals surface area (Å²) in [6.07, 6.45) is -0.129. The van der Waals surface area contributed by atoms with Crippen molar-refractivity contribution >= 4 is 15.4 Å². The third-order valence-corrected chi connectivity index (χ3v) is 7.49. The lowest BCUT2D eigenvalue weighted by Gasteiger charge is -2.34. The van der Waals surface area contributed by atoms with Gasteiger partial charge in [-0.1, -0.05) is 30.3 Å². The lowest BCUT2D eigenvalue weighted by atomic mass is 9.99. The minimum atomic E-state index is -3.86. The summed E-state index contributed by atoms with van der Waals surface area (Å²) in [6, 6.07) is 9.07. The average molecular weight is 408 g/mol. The summed E-state index contributed by atoms with van der Waals surface area (Å²) in [6.45, 7) is 9.27. The quantitative estimate of drug-likeness (QED) is 0.406. The summed E-state index contributed by atoms with van der Waals surface area (Å²) < 4.78 is 53.3. The van der Waals surface area contributed by atoms with Crippen LogP contribution in [0, 0.1) is 0 Å². The molecule has 0 aromatic heterocycles. The molecule has 1 unspecified atom stereocenters. The molecule has 1 aromatic carbocycles. The first kappa shape index (κ1) is 23.5. The Kier molecular flexibility index (Phi) is 9.70. The third-order valence-electron chi connectivity index (χ3n) is 3.42. The van der Waals surface area contributed by atoms with Gasteiger partial charge in [-0.15, -0.1) is 0 Å². The lowest BCUT2D eigenvalue weighted by Crippen LogP contribution is -2.31. The van der Waals surface area contributed by atoms with Crippen molar-refractivity contribution in [2.75, 3.05) is 32.6 Å². The van der Waals surface area contributed by atoms with Crippen LogP contribution in [0.25, 0.3) is 0 Å². The van der Waals surface area contributed by atoms with Gasteiger partial charge in [0.2, 0.25) is 0 Å². The van der Waals surface area contributed by atoms with Crippen molar-refractivity contribution in [1.82, 2.24) is 0 Å². The highest BCUT2D eigenvalue weighted by atomic mass is 31.2. The molecule has 0 aliphatic carbocycles. The predicted octanol–water partition coefficient (Wildman–Crippen LogP) is 5.37. The maximum atomic E-state index is 13.1. The molecule has 1 aromatic rings. The van der Waals surface area contributed by atoms with Crippen LogP contribution in [0.3, 0.4) is 0 Å². The molecule has 0 saturated heterocycles. The van der Waals surface area contributed by atoms with E-state index in [2.05, 4.69) is 0 Å². The smallest absolute Gasteiger partial charge is 0.309 e. The molecule has 7 nitrogen and oxygen atoms in total. The second-order valence-corrected chi connectivity index (χ2v) is 9.22. The van der Waals surface area contributed by atoms with E-state index < -0.39 is 21.0 Å². The molecule has 26 heavy (non-hydrogen) atoms. The predicted molar refractivity (Wildman–Crippen MR) is 101 cm³/mol. The number of hydrogen-bond donors (Lipinski definition) is 0. The van der Waals surface area contributed by atoms with Gasteiger partial charge in [0, 0.05) is 0 Å². The topological polar surface area (TPSA) is 80.3 Å². The fourth-order valence-corrected chi connectivity index (χ4v) is 6.12. The van der Waals surface area contributed by atoms with E-state index in [-0.39, 0.29) is 32.6 Å². The van der Waals surface area contributed by atoms with Gasteiger partial charge in [0.25, 0.3) is 0 Å². The van der Waals surface area contributed by atoms with Gasteiger partial charge in [-0.2, -0.15) is 0 Å². The van der Waals surface area contributed by atoms with E-state index in [4.69, 9.17) is 22.6 Å². The molecule has 0 N–H and O–H groups in total. The van der Waals surface area contributed by atoms with Gasteiger partial charge in [-0.05, 0) is 40.2 Å². The summed E-state index contributed by atoms with van der Waals surface area (Å²) in [5.41, 5.74) is -0.597. The zero-order chi connectivity index (χ0) is 19.7. The van der Waals surface area contributed by atoms with Gasteiger partial charge in [0.05, 0.1) is 32.6 Å². The standard InChI is InChI=1S/C17H30O7P2/c1-6-20-25(18,21-7-2)15-17(5,16-13-11-10-12-14-16)24-26(19,22-8-3)23-9-4/h10-14H,6-9,15H2,1-5H3. The Morgan fingerprint density at radius 2 is 1.27 bits per heavy atom. The summed E-state index contributed by atoms with van der Waals surface area (Å²) in [5, 5.41) is 0. The minimum Gasteiger partial charge on any atom is -0.309 e. The zero-order valence-corrected chi connectivity index (χ0v) is 18.0. The van der Waals surface area contributed by atoms with Gasteiger partial charge < -0.3 is 9.05 Å². The van der Waals surface area contributed by atoms with Gasteiger partial charge >= 0.3 is 15.4 Å².